The molecule has 27 heavy (non-hydrogen) atoms. The number of nitrogens with one attached hydrogen (secondary N) is 1. The normalized spacial score (nSPS) is 11.3. The van der Waals surface area contributed by atoms with Gasteiger partial charge in [0.05, 0.1) is 12.8 Å². The SMILES string of the molecule is CCOc1cc(C=NNC(=O)OC(C)(C)C)ccc1OC(=O)c1cccs1. The molecule has 1 aromatic heterocycles. The molecule has 0 radical (unpaired) electrons. The molecule has 0 fully saturated rings. The third kappa shape index (κ3) is 6.74. The Morgan fingerprint density at radius 3 is 2.63 bits per heavy atom. The third-order valence-electron chi connectivity index (χ3n) is 2.96. The van der Waals surface area contributed by atoms with Crippen molar-refractivity contribution in [2.24, 2.45) is 5.10 Å². The fourth-order valence-corrected chi connectivity index (χ4v) is 2.56. The van der Waals surface area contributed by atoms with E-state index in [1.54, 1.807) is 56.5 Å². The van der Waals surface area contributed by atoms with Gasteiger partial charge in [-0.25, -0.2) is 15.0 Å². The highest BCUT2D eigenvalue weighted by molar-refractivity contribution is 7.12. The van der Waals surface area contributed by atoms with Gasteiger partial charge in [0.2, 0.25) is 0 Å². The zero-order chi connectivity index (χ0) is 19.9. The third-order valence-corrected chi connectivity index (χ3v) is 3.81. The van der Waals surface area contributed by atoms with Gasteiger partial charge < -0.3 is 14.2 Å². The predicted octanol–water partition coefficient (Wildman–Crippen LogP) is 4.22. The van der Waals surface area contributed by atoms with E-state index in [-0.39, 0.29) is 0 Å². The van der Waals surface area contributed by atoms with Crippen LogP contribution in [-0.4, -0.2) is 30.5 Å². The summed E-state index contributed by atoms with van der Waals surface area (Å²) in [6, 6.07) is 8.45. The van der Waals surface area contributed by atoms with E-state index >= 15 is 0 Å². The van der Waals surface area contributed by atoms with Gasteiger partial charge in [0.25, 0.3) is 0 Å². The van der Waals surface area contributed by atoms with E-state index in [9.17, 15) is 9.59 Å². The van der Waals surface area contributed by atoms with Gasteiger partial charge in [0.15, 0.2) is 11.5 Å². The summed E-state index contributed by atoms with van der Waals surface area (Å²) in [5.74, 6) is 0.273. The van der Waals surface area contributed by atoms with E-state index in [2.05, 4.69) is 10.5 Å². The van der Waals surface area contributed by atoms with E-state index < -0.39 is 17.7 Å². The fraction of sp³-hybridized carbons (Fsp3) is 0.316. The second-order valence-corrected chi connectivity index (χ2v) is 7.33. The van der Waals surface area contributed by atoms with Gasteiger partial charge in [-0.3, -0.25) is 0 Å². The second-order valence-electron chi connectivity index (χ2n) is 6.38. The molecule has 2 aromatic rings. The standard InChI is InChI=1S/C19H22N2O5S/c1-5-24-15-11-13(12-20-21-18(23)26-19(2,3)4)8-9-14(15)25-17(22)16-7-6-10-27-16/h6-12H,5H2,1-4H3,(H,21,23). The van der Waals surface area contributed by atoms with Crippen LogP contribution in [0.25, 0.3) is 0 Å². The largest absolute Gasteiger partial charge is 0.490 e. The minimum Gasteiger partial charge on any atom is -0.490 e. The van der Waals surface area contributed by atoms with Crippen LogP contribution in [0, 0.1) is 0 Å². The minimum absolute atomic E-state index is 0.313. The van der Waals surface area contributed by atoms with Gasteiger partial charge in [0.1, 0.15) is 10.5 Å². The Morgan fingerprint density at radius 1 is 1.22 bits per heavy atom. The maximum absolute atomic E-state index is 12.1. The molecular formula is C19H22N2O5S. The molecule has 0 aliphatic rings. The highest BCUT2D eigenvalue weighted by Crippen LogP contribution is 2.29. The lowest BCUT2D eigenvalue weighted by molar-refractivity contribution is 0.0529. The predicted molar refractivity (Wildman–Crippen MR) is 104 cm³/mol. The van der Waals surface area contributed by atoms with Crippen molar-refractivity contribution in [3.05, 3.63) is 46.2 Å². The molecule has 0 bridgehead atoms. The Kier molecular flexibility index (Phi) is 6.95. The number of rotatable bonds is 6. The Balaban J connectivity index is 2.06. The number of amides is 1. The van der Waals surface area contributed by atoms with Crippen molar-refractivity contribution < 1.29 is 23.8 Å². The number of benzene rings is 1. The molecule has 0 spiro atoms. The quantitative estimate of drug-likeness (QED) is 0.345. The van der Waals surface area contributed by atoms with Gasteiger partial charge in [-0.15, -0.1) is 11.3 Å². The summed E-state index contributed by atoms with van der Waals surface area (Å²) in [6.07, 6.45) is 0.794. The van der Waals surface area contributed by atoms with Crippen molar-refractivity contribution in [2.75, 3.05) is 6.61 Å². The van der Waals surface area contributed by atoms with Crippen molar-refractivity contribution in [3.63, 3.8) is 0 Å². The molecule has 0 saturated carbocycles. The molecule has 8 heteroatoms. The molecular weight excluding hydrogens is 368 g/mol. The van der Waals surface area contributed by atoms with E-state index in [1.807, 2.05) is 6.92 Å². The number of nitrogens with zero attached hydrogens (tertiary/aromatic N) is 1. The van der Waals surface area contributed by atoms with Crippen LogP contribution in [0.2, 0.25) is 0 Å². The van der Waals surface area contributed by atoms with E-state index in [0.29, 0.717) is 28.5 Å². The summed E-state index contributed by atoms with van der Waals surface area (Å²) < 4.78 is 16.0. The molecule has 1 amide bonds. The van der Waals surface area contributed by atoms with Crippen LogP contribution in [-0.2, 0) is 4.74 Å². The van der Waals surface area contributed by atoms with E-state index in [1.165, 1.54) is 17.6 Å². The molecule has 0 saturated heterocycles. The van der Waals surface area contributed by atoms with Crippen molar-refractivity contribution in [1.29, 1.82) is 0 Å². The summed E-state index contributed by atoms with van der Waals surface area (Å²) in [5, 5.41) is 5.65. The Morgan fingerprint density at radius 2 is 2.00 bits per heavy atom. The van der Waals surface area contributed by atoms with Crippen LogP contribution in [0.15, 0.2) is 40.8 Å². The van der Waals surface area contributed by atoms with E-state index in [4.69, 9.17) is 14.2 Å². The number of carbonyl (C=O) groups is 2. The lowest BCUT2D eigenvalue weighted by Gasteiger charge is -2.18. The number of ether oxygens (including phenoxy) is 3. The molecule has 0 unspecified atom stereocenters. The molecule has 0 aliphatic heterocycles. The molecule has 0 atom stereocenters. The first-order chi connectivity index (χ1) is 12.8. The fourth-order valence-electron chi connectivity index (χ4n) is 1.96. The van der Waals surface area contributed by atoms with Gasteiger partial charge in [-0.2, -0.15) is 5.10 Å². The van der Waals surface area contributed by atoms with Crippen LogP contribution in [0.3, 0.4) is 0 Å². The van der Waals surface area contributed by atoms with Gasteiger partial charge >= 0.3 is 12.1 Å². The molecule has 2 rings (SSSR count). The molecule has 0 aliphatic carbocycles. The molecule has 7 nitrogen and oxygen atoms in total. The molecule has 1 aromatic carbocycles. The summed E-state index contributed by atoms with van der Waals surface area (Å²) in [6.45, 7) is 7.53. The Hall–Kier alpha value is -2.87. The van der Waals surface area contributed by atoms with Crippen molar-refractivity contribution in [1.82, 2.24) is 5.43 Å². The van der Waals surface area contributed by atoms with Gasteiger partial charge in [0, 0.05) is 0 Å². The summed E-state index contributed by atoms with van der Waals surface area (Å²) >= 11 is 1.30. The van der Waals surface area contributed by atoms with Crippen LogP contribution < -0.4 is 14.9 Å². The highest BCUT2D eigenvalue weighted by Gasteiger charge is 2.16. The van der Waals surface area contributed by atoms with Crippen LogP contribution >= 0.6 is 11.3 Å². The maximum atomic E-state index is 12.1. The number of hydrogen-bond donors (Lipinski definition) is 1. The topological polar surface area (TPSA) is 86.2 Å². The van der Waals surface area contributed by atoms with E-state index in [0.717, 1.165) is 0 Å². The number of thiophene rings is 1. The molecule has 144 valence electrons. The second kappa shape index (κ2) is 9.18. The summed E-state index contributed by atoms with van der Waals surface area (Å²) in [5.41, 5.74) is 2.34. The van der Waals surface area contributed by atoms with Crippen LogP contribution in [0.5, 0.6) is 11.5 Å². The highest BCUT2D eigenvalue weighted by atomic mass is 32.1. The lowest BCUT2D eigenvalue weighted by atomic mass is 10.2. The smallest absolute Gasteiger partial charge is 0.428 e. The first-order valence-corrected chi connectivity index (χ1v) is 9.21. The van der Waals surface area contributed by atoms with Gasteiger partial charge in [-0.05, 0) is 62.9 Å². The number of carbonyl (C=O) groups excluding carboxylic acids is 2. The average molecular weight is 390 g/mol. The van der Waals surface area contributed by atoms with Gasteiger partial charge in [-0.1, -0.05) is 6.07 Å². The van der Waals surface area contributed by atoms with Crippen LogP contribution in [0.1, 0.15) is 42.9 Å². The minimum atomic E-state index is -0.648. The van der Waals surface area contributed by atoms with Crippen LogP contribution in [0.4, 0.5) is 4.79 Å². The Labute approximate surface area is 161 Å². The molecule has 1 N–H and O–H groups in total. The number of hydrazone groups is 1. The first kappa shape index (κ1) is 20.4. The average Bonchev–Trinajstić information content (AvgIpc) is 3.10. The van der Waals surface area contributed by atoms with Crippen molar-refractivity contribution >= 4 is 29.6 Å². The lowest BCUT2D eigenvalue weighted by Crippen LogP contribution is -2.29. The number of esters is 1. The van der Waals surface area contributed by atoms with Crippen molar-refractivity contribution in [2.45, 2.75) is 33.3 Å². The first-order valence-electron chi connectivity index (χ1n) is 8.33. The number of hydrogen-bond acceptors (Lipinski definition) is 7. The monoisotopic (exact) mass is 390 g/mol. The zero-order valence-electron chi connectivity index (χ0n) is 15.6. The molecule has 1 heterocycles. The summed E-state index contributed by atoms with van der Waals surface area (Å²) in [4.78, 5) is 24.2. The zero-order valence-corrected chi connectivity index (χ0v) is 16.5. The summed E-state index contributed by atoms with van der Waals surface area (Å²) in [7, 11) is 0. The maximum Gasteiger partial charge on any atom is 0.428 e. The van der Waals surface area contributed by atoms with Crippen molar-refractivity contribution in [3.8, 4) is 11.5 Å². The Bertz CT molecular complexity index is 810.